The quantitative estimate of drug-likeness (QED) is 0.775. The molecule has 0 saturated carbocycles. The molecule has 2 atom stereocenters. The molecular weight excluding hydrogens is 260 g/mol. The SMILES string of the molecule is COC1=CC2Oc3cc(OC)ccc3C(=S)C2C=C1. The lowest BCUT2D eigenvalue weighted by atomic mass is 9.87. The minimum atomic E-state index is -0.105. The van der Waals surface area contributed by atoms with E-state index in [-0.39, 0.29) is 12.0 Å². The fraction of sp³-hybridized carbons (Fsp3) is 0.267. The summed E-state index contributed by atoms with van der Waals surface area (Å²) >= 11 is 5.57. The molecule has 0 saturated heterocycles. The molecule has 3 nitrogen and oxygen atoms in total. The van der Waals surface area contributed by atoms with Gasteiger partial charge in [0.2, 0.25) is 0 Å². The first kappa shape index (κ1) is 12.2. The number of allylic oxidation sites excluding steroid dienone is 1. The average molecular weight is 274 g/mol. The van der Waals surface area contributed by atoms with E-state index in [9.17, 15) is 0 Å². The van der Waals surface area contributed by atoms with Crippen molar-refractivity contribution in [1.29, 1.82) is 0 Å². The van der Waals surface area contributed by atoms with Gasteiger partial charge in [0.15, 0.2) is 0 Å². The van der Waals surface area contributed by atoms with E-state index in [0.29, 0.717) is 0 Å². The van der Waals surface area contributed by atoms with E-state index in [1.54, 1.807) is 14.2 Å². The minimum Gasteiger partial charge on any atom is -0.497 e. The Kier molecular flexibility index (Phi) is 3.03. The van der Waals surface area contributed by atoms with Gasteiger partial charge in [0.1, 0.15) is 23.4 Å². The summed E-state index contributed by atoms with van der Waals surface area (Å²) < 4.78 is 16.5. The molecule has 0 N–H and O–H groups in total. The highest BCUT2D eigenvalue weighted by Gasteiger charge is 2.33. The lowest BCUT2D eigenvalue weighted by Gasteiger charge is -2.33. The topological polar surface area (TPSA) is 27.7 Å². The van der Waals surface area contributed by atoms with Gasteiger partial charge in [-0.15, -0.1) is 0 Å². The molecule has 19 heavy (non-hydrogen) atoms. The van der Waals surface area contributed by atoms with Gasteiger partial charge in [0.05, 0.1) is 20.1 Å². The van der Waals surface area contributed by atoms with Crippen LogP contribution in [-0.4, -0.2) is 25.2 Å². The van der Waals surface area contributed by atoms with Crippen LogP contribution in [0.2, 0.25) is 0 Å². The predicted octanol–water partition coefficient (Wildman–Crippen LogP) is 2.89. The molecule has 0 fully saturated rings. The van der Waals surface area contributed by atoms with Gasteiger partial charge in [-0.05, 0) is 24.3 Å². The van der Waals surface area contributed by atoms with Crippen LogP contribution in [0, 0.1) is 5.92 Å². The maximum Gasteiger partial charge on any atom is 0.132 e. The van der Waals surface area contributed by atoms with Crippen molar-refractivity contribution >= 4 is 17.1 Å². The van der Waals surface area contributed by atoms with Crippen LogP contribution in [0.15, 0.2) is 42.2 Å². The Hall–Kier alpha value is -1.81. The summed E-state index contributed by atoms with van der Waals surface area (Å²) in [5.41, 5.74) is 0.968. The van der Waals surface area contributed by atoms with Gasteiger partial charge in [0.25, 0.3) is 0 Å². The fourth-order valence-corrected chi connectivity index (χ4v) is 2.75. The van der Waals surface area contributed by atoms with Crippen LogP contribution in [-0.2, 0) is 4.74 Å². The third kappa shape index (κ3) is 2.02. The third-order valence-electron chi connectivity index (χ3n) is 3.41. The van der Waals surface area contributed by atoms with E-state index < -0.39 is 0 Å². The number of hydrogen-bond acceptors (Lipinski definition) is 4. The zero-order chi connectivity index (χ0) is 13.4. The van der Waals surface area contributed by atoms with Crippen LogP contribution in [0.1, 0.15) is 5.56 Å². The van der Waals surface area contributed by atoms with Crippen LogP contribution in [0.25, 0.3) is 0 Å². The molecule has 1 heterocycles. The fourth-order valence-electron chi connectivity index (χ4n) is 2.37. The van der Waals surface area contributed by atoms with Crippen molar-refractivity contribution in [2.24, 2.45) is 5.92 Å². The normalized spacial score (nSPS) is 23.9. The summed E-state index contributed by atoms with van der Waals surface area (Å²) in [6, 6.07) is 5.73. The van der Waals surface area contributed by atoms with E-state index in [2.05, 4.69) is 0 Å². The van der Waals surface area contributed by atoms with Crippen molar-refractivity contribution in [2.45, 2.75) is 6.10 Å². The highest BCUT2D eigenvalue weighted by molar-refractivity contribution is 7.81. The van der Waals surface area contributed by atoms with Crippen molar-refractivity contribution in [3.63, 3.8) is 0 Å². The molecular formula is C15H14O3S. The van der Waals surface area contributed by atoms with Crippen molar-refractivity contribution in [1.82, 2.24) is 0 Å². The molecule has 0 aromatic heterocycles. The summed E-state index contributed by atoms with van der Waals surface area (Å²) in [6.45, 7) is 0. The Bertz CT molecular complexity index is 589. The summed E-state index contributed by atoms with van der Waals surface area (Å²) in [6.07, 6.45) is 5.83. The van der Waals surface area contributed by atoms with Gasteiger partial charge in [0, 0.05) is 16.5 Å². The van der Waals surface area contributed by atoms with Crippen LogP contribution >= 0.6 is 12.2 Å². The molecule has 1 aromatic rings. The molecule has 1 aromatic carbocycles. The highest BCUT2D eigenvalue weighted by atomic mass is 32.1. The summed E-state index contributed by atoms with van der Waals surface area (Å²) in [7, 11) is 3.28. The van der Waals surface area contributed by atoms with Crippen molar-refractivity contribution in [3.05, 3.63) is 47.7 Å². The maximum absolute atomic E-state index is 6.01. The Morgan fingerprint density at radius 1 is 1.21 bits per heavy atom. The van der Waals surface area contributed by atoms with Gasteiger partial charge < -0.3 is 14.2 Å². The molecule has 0 spiro atoms. The largest absolute Gasteiger partial charge is 0.497 e. The number of ether oxygens (including phenoxy) is 3. The van der Waals surface area contributed by atoms with Gasteiger partial charge in [-0.25, -0.2) is 0 Å². The maximum atomic E-state index is 6.01. The van der Waals surface area contributed by atoms with Crippen molar-refractivity contribution < 1.29 is 14.2 Å². The third-order valence-corrected chi connectivity index (χ3v) is 3.90. The molecule has 1 aliphatic heterocycles. The monoisotopic (exact) mass is 274 g/mol. The average Bonchev–Trinajstić information content (AvgIpc) is 2.46. The lowest BCUT2D eigenvalue weighted by molar-refractivity contribution is 0.206. The Balaban J connectivity index is 2.01. The smallest absolute Gasteiger partial charge is 0.132 e. The summed E-state index contributed by atoms with van der Waals surface area (Å²) in [5.74, 6) is 2.43. The molecule has 2 aliphatic rings. The van der Waals surface area contributed by atoms with Gasteiger partial charge in [-0.1, -0.05) is 18.3 Å². The zero-order valence-electron chi connectivity index (χ0n) is 10.8. The van der Waals surface area contributed by atoms with E-state index in [4.69, 9.17) is 26.4 Å². The second-order valence-corrected chi connectivity index (χ2v) is 4.91. The van der Waals surface area contributed by atoms with Gasteiger partial charge in [-0.2, -0.15) is 0 Å². The molecule has 0 radical (unpaired) electrons. The van der Waals surface area contributed by atoms with E-state index in [0.717, 1.165) is 27.7 Å². The summed E-state index contributed by atoms with van der Waals surface area (Å²) in [5, 5.41) is 0. The molecule has 98 valence electrons. The van der Waals surface area contributed by atoms with Crippen LogP contribution in [0.5, 0.6) is 11.5 Å². The highest BCUT2D eigenvalue weighted by Crippen LogP contribution is 2.37. The lowest BCUT2D eigenvalue weighted by Crippen LogP contribution is -2.36. The second-order valence-electron chi connectivity index (χ2n) is 4.47. The number of thiocarbonyl (C=S) groups is 1. The van der Waals surface area contributed by atoms with Crippen molar-refractivity contribution in [3.8, 4) is 11.5 Å². The van der Waals surface area contributed by atoms with Crippen LogP contribution < -0.4 is 9.47 Å². The molecule has 4 heteroatoms. The molecule has 3 rings (SSSR count). The standard InChI is InChI=1S/C15H14O3S/c1-16-9-3-5-11-13(7-9)18-14-8-10(17-2)4-6-12(14)15(11)19/h3-8,11,13H,1-2H3. The van der Waals surface area contributed by atoms with Crippen molar-refractivity contribution in [2.75, 3.05) is 14.2 Å². The van der Waals surface area contributed by atoms with E-state index in [1.165, 1.54) is 0 Å². The zero-order valence-corrected chi connectivity index (χ0v) is 11.6. The Morgan fingerprint density at radius 3 is 2.79 bits per heavy atom. The number of benzene rings is 1. The summed E-state index contributed by atoms with van der Waals surface area (Å²) in [4.78, 5) is 0.900. The van der Waals surface area contributed by atoms with Crippen LogP contribution in [0.4, 0.5) is 0 Å². The Labute approximate surface area is 117 Å². The first-order chi connectivity index (χ1) is 9.22. The number of rotatable bonds is 2. The van der Waals surface area contributed by atoms with Gasteiger partial charge in [-0.3, -0.25) is 0 Å². The Morgan fingerprint density at radius 2 is 2.05 bits per heavy atom. The molecule has 0 bridgehead atoms. The first-order valence-electron chi connectivity index (χ1n) is 6.06. The number of methoxy groups -OCH3 is 2. The second kappa shape index (κ2) is 4.70. The van der Waals surface area contributed by atoms with Gasteiger partial charge >= 0.3 is 0 Å². The predicted molar refractivity (Wildman–Crippen MR) is 76.8 cm³/mol. The molecule has 0 amide bonds. The molecule has 2 unspecified atom stereocenters. The number of fused-ring (bicyclic) bond motifs is 2. The van der Waals surface area contributed by atoms with E-state index in [1.807, 2.05) is 36.4 Å². The first-order valence-corrected chi connectivity index (χ1v) is 6.46. The number of hydrogen-bond donors (Lipinski definition) is 0. The van der Waals surface area contributed by atoms with Crippen LogP contribution in [0.3, 0.4) is 0 Å². The minimum absolute atomic E-state index is 0.0924. The van der Waals surface area contributed by atoms with E-state index >= 15 is 0 Å². The molecule has 1 aliphatic carbocycles.